The van der Waals surface area contributed by atoms with Crippen molar-refractivity contribution in [2.24, 2.45) is 0 Å². The highest BCUT2D eigenvalue weighted by molar-refractivity contribution is 9.09. The molecule has 0 spiro atoms. The second-order valence-corrected chi connectivity index (χ2v) is 4.28. The molecule has 0 amide bonds. The highest BCUT2D eigenvalue weighted by Gasteiger charge is 2.07. The molecular formula is C10H13BrS. The lowest BCUT2D eigenvalue weighted by atomic mass is 10.0. The van der Waals surface area contributed by atoms with Gasteiger partial charge in [0, 0.05) is 17.0 Å². The normalized spacial score (nSPS) is 12.8. The molecule has 2 heteroatoms. The Labute approximate surface area is 86.9 Å². The summed E-state index contributed by atoms with van der Waals surface area (Å²) in [6.45, 7) is 0. The maximum absolute atomic E-state index is 3.54. The molecule has 0 aliphatic rings. The van der Waals surface area contributed by atoms with Crippen molar-refractivity contribution >= 4 is 27.7 Å². The van der Waals surface area contributed by atoms with Gasteiger partial charge in [-0.1, -0.05) is 46.3 Å². The number of rotatable bonds is 4. The highest BCUT2D eigenvalue weighted by Crippen LogP contribution is 2.21. The summed E-state index contributed by atoms with van der Waals surface area (Å²) in [7, 11) is 0. The molecule has 0 bridgehead atoms. The largest absolute Gasteiger partial charge is 0.165 e. The van der Waals surface area contributed by atoms with Crippen LogP contribution in [0.25, 0.3) is 0 Å². The lowest BCUT2D eigenvalue weighted by Crippen LogP contribution is -2.02. The zero-order chi connectivity index (χ0) is 8.81. The maximum Gasteiger partial charge on any atom is 0.0108 e. The standard InChI is InChI=1S/C10H13BrS/c1-12-8-10(7-11)9-5-3-2-4-6-9/h2-6,10H,7-8H2,1H3. The predicted molar refractivity (Wildman–Crippen MR) is 61.4 cm³/mol. The summed E-state index contributed by atoms with van der Waals surface area (Å²) >= 11 is 5.44. The molecule has 1 rings (SSSR count). The van der Waals surface area contributed by atoms with E-state index in [4.69, 9.17) is 0 Å². The Hall–Kier alpha value is 0.0500. The third-order valence-electron chi connectivity index (χ3n) is 1.83. The fourth-order valence-electron chi connectivity index (χ4n) is 1.16. The van der Waals surface area contributed by atoms with Crippen LogP contribution in [-0.4, -0.2) is 17.3 Å². The van der Waals surface area contributed by atoms with E-state index in [-0.39, 0.29) is 0 Å². The van der Waals surface area contributed by atoms with Gasteiger partial charge in [-0.05, 0) is 11.8 Å². The first-order valence-corrected chi connectivity index (χ1v) is 6.50. The SMILES string of the molecule is CSCC(CBr)c1ccccc1. The third-order valence-corrected chi connectivity index (χ3v) is 3.34. The third kappa shape index (κ3) is 2.83. The Morgan fingerprint density at radius 3 is 2.50 bits per heavy atom. The van der Waals surface area contributed by atoms with Gasteiger partial charge in [-0.2, -0.15) is 11.8 Å². The van der Waals surface area contributed by atoms with Crippen LogP contribution in [-0.2, 0) is 0 Å². The first kappa shape index (κ1) is 10.1. The van der Waals surface area contributed by atoms with Gasteiger partial charge < -0.3 is 0 Å². The van der Waals surface area contributed by atoms with Gasteiger partial charge in [0.2, 0.25) is 0 Å². The molecule has 0 nitrogen and oxygen atoms in total. The lowest BCUT2D eigenvalue weighted by molar-refractivity contribution is 0.904. The summed E-state index contributed by atoms with van der Waals surface area (Å²) in [6.07, 6.45) is 2.15. The molecule has 0 radical (unpaired) electrons. The summed E-state index contributed by atoms with van der Waals surface area (Å²) in [5.41, 5.74) is 1.43. The van der Waals surface area contributed by atoms with Gasteiger partial charge in [0.25, 0.3) is 0 Å². The second kappa shape index (κ2) is 5.65. The van der Waals surface area contributed by atoms with Gasteiger partial charge in [-0.25, -0.2) is 0 Å². The average Bonchev–Trinajstić information content (AvgIpc) is 2.15. The molecular weight excluding hydrogens is 232 g/mol. The van der Waals surface area contributed by atoms with Gasteiger partial charge in [-0.15, -0.1) is 0 Å². The van der Waals surface area contributed by atoms with Crippen molar-refractivity contribution in [3.63, 3.8) is 0 Å². The van der Waals surface area contributed by atoms with Crippen molar-refractivity contribution in [2.45, 2.75) is 5.92 Å². The maximum atomic E-state index is 3.54. The molecule has 66 valence electrons. The molecule has 12 heavy (non-hydrogen) atoms. The van der Waals surface area contributed by atoms with Crippen LogP contribution in [0.1, 0.15) is 11.5 Å². The number of thioether (sulfide) groups is 1. The van der Waals surface area contributed by atoms with E-state index in [1.165, 1.54) is 11.3 Å². The molecule has 0 saturated heterocycles. The van der Waals surface area contributed by atoms with Crippen LogP contribution in [0.5, 0.6) is 0 Å². The van der Waals surface area contributed by atoms with E-state index in [0.29, 0.717) is 5.92 Å². The van der Waals surface area contributed by atoms with Gasteiger partial charge in [0.15, 0.2) is 0 Å². The number of halogens is 1. The molecule has 0 aromatic heterocycles. The summed E-state index contributed by atoms with van der Waals surface area (Å²) < 4.78 is 0. The van der Waals surface area contributed by atoms with E-state index < -0.39 is 0 Å². The summed E-state index contributed by atoms with van der Waals surface area (Å²) in [5, 5.41) is 1.05. The van der Waals surface area contributed by atoms with Gasteiger partial charge in [0.1, 0.15) is 0 Å². The minimum absolute atomic E-state index is 0.654. The van der Waals surface area contributed by atoms with Crippen molar-refractivity contribution in [1.82, 2.24) is 0 Å². The fraction of sp³-hybridized carbons (Fsp3) is 0.400. The van der Waals surface area contributed by atoms with E-state index in [9.17, 15) is 0 Å². The van der Waals surface area contributed by atoms with Crippen molar-refractivity contribution in [3.8, 4) is 0 Å². The van der Waals surface area contributed by atoms with E-state index in [1.807, 2.05) is 11.8 Å². The van der Waals surface area contributed by atoms with Crippen molar-refractivity contribution < 1.29 is 0 Å². The Kier molecular flexibility index (Phi) is 4.77. The summed E-state index contributed by atoms with van der Waals surface area (Å²) in [5.74, 6) is 1.84. The van der Waals surface area contributed by atoms with E-state index in [2.05, 4.69) is 52.5 Å². The Bertz CT molecular complexity index is 210. The molecule has 0 N–H and O–H groups in total. The lowest BCUT2D eigenvalue weighted by Gasteiger charge is -2.12. The molecule has 0 aliphatic heterocycles. The van der Waals surface area contributed by atoms with E-state index in [1.54, 1.807) is 0 Å². The summed E-state index contributed by atoms with van der Waals surface area (Å²) in [4.78, 5) is 0. The molecule has 1 aromatic carbocycles. The van der Waals surface area contributed by atoms with Crippen molar-refractivity contribution in [3.05, 3.63) is 35.9 Å². The fourth-order valence-corrected chi connectivity index (χ4v) is 2.77. The Balaban J connectivity index is 2.66. The molecule has 1 unspecified atom stereocenters. The van der Waals surface area contributed by atoms with Crippen LogP contribution in [0.2, 0.25) is 0 Å². The first-order chi connectivity index (χ1) is 5.88. The summed E-state index contributed by atoms with van der Waals surface area (Å²) in [6, 6.07) is 10.7. The van der Waals surface area contributed by atoms with Crippen molar-refractivity contribution in [1.29, 1.82) is 0 Å². The van der Waals surface area contributed by atoms with Gasteiger partial charge >= 0.3 is 0 Å². The molecule has 1 aromatic rings. The molecule has 0 heterocycles. The Morgan fingerprint density at radius 2 is 2.00 bits per heavy atom. The van der Waals surface area contributed by atoms with E-state index in [0.717, 1.165) is 5.33 Å². The van der Waals surface area contributed by atoms with Crippen LogP contribution in [0, 0.1) is 0 Å². The quantitative estimate of drug-likeness (QED) is 0.731. The van der Waals surface area contributed by atoms with Crippen molar-refractivity contribution in [2.75, 3.05) is 17.3 Å². The average molecular weight is 245 g/mol. The van der Waals surface area contributed by atoms with Crippen LogP contribution in [0.3, 0.4) is 0 Å². The number of hydrogen-bond donors (Lipinski definition) is 0. The zero-order valence-corrected chi connectivity index (χ0v) is 9.57. The molecule has 1 atom stereocenters. The van der Waals surface area contributed by atoms with Crippen LogP contribution in [0.4, 0.5) is 0 Å². The van der Waals surface area contributed by atoms with Gasteiger partial charge in [0.05, 0.1) is 0 Å². The topological polar surface area (TPSA) is 0 Å². The minimum Gasteiger partial charge on any atom is -0.165 e. The Morgan fingerprint density at radius 1 is 1.33 bits per heavy atom. The minimum atomic E-state index is 0.654. The monoisotopic (exact) mass is 244 g/mol. The van der Waals surface area contributed by atoms with Crippen LogP contribution < -0.4 is 0 Å². The predicted octanol–water partition coefficient (Wildman–Crippen LogP) is 3.53. The van der Waals surface area contributed by atoms with E-state index >= 15 is 0 Å². The smallest absolute Gasteiger partial charge is 0.0108 e. The number of alkyl halides is 1. The first-order valence-electron chi connectivity index (χ1n) is 3.98. The van der Waals surface area contributed by atoms with Crippen LogP contribution >= 0.6 is 27.7 Å². The van der Waals surface area contributed by atoms with Crippen LogP contribution in [0.15, 0.2) is 30.3 Å². The molecule has 0 aliphatic carbocycles. The molecule has 0 saturated carbocycles. The second-order valence-electron chi connectivity index (χ2n) is 2.72. The molecule has 0 fully saturated rings. The van der Waals surface area contributed by atoms with Gasteiger partial charge in [-0.3, -0.25) is 0 Å². The highest BCUT2D eigenvalue weighted by atomic mass is 79.9. The zero-order valence-electron chi connectivity index (χ0n) is 7.16. The number of benzene rings is 1. The number of hydrogen-bond acceptors (Lipinski definition) is 1.